The monoisotopic (exact) mass is 224 g/mol. The number of nitriles is 1. The number of hydrogen-bond acceptors (Lipinski definition) is 2. The smallest absolute Gasteiger partial charge is 0.129 e. The van der Waals surface area contributed by atoms with E-state index in [1.54, 1.807) is 0 Å². The van der Waals surface area contributed by atoms with Gasteiger partial charge in [-0.3, -0.25) is 5.32 Å². The molecule has 1 aliphatic carbocycles. The number of nitrogens with one attached hydrogen (secondary N) is 1. The van der Waals surface area contributed by atoms with Crippen LogP contribution in [0.25, 0.3) is 0 Å². The molecule has 1 N–H and O–H groups in total. The van der Waals surface area contributed by atoms with Crippen LogP contribution in [0, 0.1) is 17.1 Å². The summed E-state index contributed by atoms with van der Waals surface area (Å²) in [5, 5.41) is 12.5. The van der Waals surface area contributed by atoms with Crippen LogP contribution in [-0.4, -0.2) is 6.04 Å². The predicted octanol–water partition coefficient (Wildman–Crippen LogP) is 2.80. The fourth-order valence-electron chi connectivity index (χ4n) is 1.42. The third-order valence-corrected chi connectivity index (χ3v) is 2.61. The second-order valence-electron chi connectivity index (χ2n) is 3.67. The largest absolute Gasteiger partial charge is 0.295 e. The van der Waals surface area contributed by atoms with Crippen molar-refractivity contribution in [2.75, 3.05) is 0 Å². The average molecular weight is 225 g/mol. The Morgan fingerprint density at radius 1 is 1.53 bits per heavy atom. The highest BCUT2D eigenvalue weighted by Gasteiger charge is 2.26. The molecule has 78 valence electrons. The first-order chi connectivity index (χ1) is 7.20. The van der Waals surface area contributed by atoms with Gasteiger partial charge in [0.1, 0.15) is 11.9 Å². The molecule has 1 unspecified atom stereocenters. The van der Waals surface area contributed by atoms with E-state index >= 15 is 0 Å². The highest BCUT2D eigenvalue weighted by Crippen LogP contribution is 2.26. The molecule has 1 aliphatic rings. The summed E-state index contributed by atoms with van der Waals surface area (Å²) in [5.74, 6) is -0.390. The SMILES string of the molecule is N#CC(NC1CC1)c1cc(Cl)ccc1F. The first-order valence-corrected chi connectivity index (χ1v) is 5.19. The van der Waals surface area contributed by atoms with Crippen LogP contribution in [0.4, 0.5) is 4.39 Å². The van der Waals surface area contributed by atoms with Gasteiger partial charge in [-0.1, -0.05) is 11.6 Å². The van der Waals surface area contributed by atoms with E-state index in [9.17, 15) is 4.39 Å². The molecule has 0 radical (unpaired) electrons. The molecule has 1 saturated carbocycles. The third-order valence-electron chi connectivity index (χ3n) is 2.38. The van der Waals surface area contributed by atoms with Crippen molar-refractivity contribution in [3.05, 3.63) is 34.6 Å². The molecule has 0 amide bonds. The lowest BCUT2D eigenvalue weighted by Crippen LogP contribution is -2.22. The van der Waals surface area contributed by atoms with Crippen LogP contribution in [-0.2, 0) is 0 Å². The van der Waals surface area contributed by atoms with E-state index in [-0.39, 0.29) is 5.82 Å². The van der Waals surface area contributed by atoms with Crippen molar-refractivity contribution in [1.82, 2.24) is 5.32 Å². The van der Waals surface area contributed by atoms with Gasteiger partial charge in [-0.2, -0.15) is 5.26 Å². The van der Waals surface area contributed by atoms with Gasteiger partial charge in [0.05, 0.1) is 6.07 Å². The zero-order valence-corrected chi connectivity index (χ0v) is 8.76. The van der Waals surface area contributed by atoms with Crippen molar-refractivity contribution in [2.45, 2.75) is 24.9 Å². The van der Waals surface area contributed by atoms with Crippen molar-refractivity contribution in [3.63, 3.8) is 0 Å². The highest BCUT2D eigenvalue weighted by atomic mass is 35.5. The van der Waals surface area contributed by atoms with Crippen molar-refractivity contribution >= 4 is 11.6 Å². The predicted molar refractivity (Wildman–Crippen MR) is 55.9 cm³/mol. The first kappa shape index (κ1) is 10.4. The van der Waals surface area contributed by atoms with E-state index < -0.39 is 6.04 Å². The Morgan fingerprint density at radius 2 is 2.27 bits per heavy atom. The molecule has 1 aromatic rings. The third kappa shape index (κ3) is 2.47. The second kappa shape index (κ2) is 4.18. The van der Waals surface area contributed by atoms with Gasteiger partial charge in [0.25, 0.3) is 0 Å². The zero-order chi connectivity index (χ0) is 10.8. The lowest BCUT2D eigenvalue weighted by Gasteiger charge is -2.12. The van der Waals surface area contributed by atoms with Crippen LogP contribution in [0.15, 0.2) is 18.2 Å². The second-order valence-corrected chi connectivity index (χ2v) is 4.11. The molecular weight excluding hydrogens is 215 g/mol. The van der Waals surface area contributed by atoms with Gasteiger partial charge in [0, 0.05) is 16.6 Å². The van der Waals surface area contributed by atoms with Crippen molar-refractivity contribution in [1.29, 1.82) is 5.26 Å². The van der Waals surface area contributed by atoms with Crippen molar-refractivity contribution in [2.24, 2.45) is 0 Å². The van der Waals surface area contributed by atoms with Gasteiger partial charge < -0.3 is 0 Å². The number of benzene rings is 1. The van der Waals surface area contributed by atoms with Crippen LogP contribution in [0.5, 0.6) is 0 Å². The van der Waals surface area contributed by atoms with Gasteiger partial charge in [-0.05, 0) is 31.0 Å². The van der Waals surface area contributed by atoms with Crippen LogP contribution in [0.1, 0.15) is 24.4 Å². The van der Waals surface area contributed by atoms with Crippen molar-refractivity contribution in [3.8, 4) is 6.07 Å². The summed E-state index contributed by atoms with van der Waals surface area (Å²) in [6.07, 6.45) is 2.11. The minimum absolute atomic E-state index is 0.330. The molecule has 0 saturated heterocycles. The first-order valence-electron chi connectivity index (χ1n) is 4.81. The molecule has 1 aromatic carbocycles. The average Bonchev–Trinajstić information content (AvgIpc) is 3.02. The van der Waals surface area contributed by atoms with Crippen molar-refractivity contribution < 1.29 is 4.39 Å². The normalized spacial score (nSPS) is 17.1. The van der Waals surface area contributed by atoms with E-state index in [2.05, 4.69) is 5.32 Å². The maximum absolute atomic E-state index is 13.4. The summed E-state index contributed by atoms with van der Waals surface area (Å²) in [7, 11) is 0. The molecule has 2 nitrogen and oxygen atoms in total. The molecule has 0 spiro atoms. The van der Waals surface area contributed by atoms with Gasteiger partial charge in [0.2, 0.25) is 0 Å². The standard InChI is InChI=1S/C11H10ClFN2/c12-7-1-4-10(13)9(5-7)11(6-14)15-8-2-3-8/h1,4-5,8,11,15H,2-3H2. The number of nitrogens with zero attached hydrogens (tertiary/aromatic N) is 1. The Hall–Kier alpha value is -1.11. The molecule has 1 atom stereocenters. The fourth-order valence-corrected chi connectivity index (χ4v) is 1.60. The van der Waals surface area contributed by atoms with Crippen LogP contribution >= 0.6 is 11.6 Å². The molecule has 0 heterocycles. The fraction of sp³-hybridized carbons (Fsp3) is 0.364. The van der Waals surface area contributed by atoms with Gasteiger partial charge in [0.15, 0.2) is 0 Å². The summed E-state index contributed by atoms with van der Waals surface area (Å²) in [5.41, 5.74) is 0.330. The Morgan fingerprint density at radius 3 is 2.87 bits per heavy atom. The Bertz CT molecular complexity index is 410. The molecule has 0 aromatic heterocycles. The maximum Gasteiger partial charge on any atom is 0.129 e. The molecule has 4 heteroatoms. The van der Waals surface area contributed by atoms with Gasteiger partial charge in [-0.15, -0.1) is 0 Å². The van der Waals surface area contributed by atoms with E-state index in [0.717, 1.165) is 12.8 Å². The summed E-state index contributed by atoms with van der Waals surface area (Å²) in [6.45, 7) is 0. The number of halogens is 2. The van der Waals surface area contributed by atoms with Crippen LogP contribution in [0.3, 0.4) is 0 Å². The number of hydrogen-bond donors (Lipinski definition) is 1. The highest BCUT2D eigenvalue weighted by molar-refractivity contribution is 6.30. The zero-order valence-electron chi connectivity index (χ0n) is 8.00. The quantitative estimate of drug-likeness (QED) is 0.857. The van der Waals surface area contributed by atoms with Crippen LogP contribution < -0.4 is 5.32 Å². The topological polar surface area (TPSA) is 35.8 Å². The lowest BCUT2D eigenvalue weighted by atomic mass is 10.1. The molecule has 15 heavy (non-hydrogen) atoms. The van der Waals surface area contributed by atoms with Gasteiger partial charge in [-0.25, -0.2) is 4.39 Å². The summed E-state index contributed by atoms with van der Waals surface area (Å²) in [6, 6.07) is 6.07. The molecule has 2 rings (SSSR count). The maximum atomic E-state index is 13.4. The molecule has 1 fully saturated rings. The van der Waals surface area contributed by atoms with E-state index in [4.69, 9.17) is 16.9 Å². The molecular formula is C11H10ClFN2. The van der Waals surface area contributed by atoms with Gasteiger partial charge >= 0.3 is 0 Å². The minimum atomic E-state index is -0.601. The summed E-state index contributed by atoms with van der Waals surface area (Å²) < 4.78 is 13.4. The van der Waals surface area contributed by atoms with E-state index in [1.165, 1.54) is 18.2 Å². The Labute approximate surface area is 92.7 Å². The lowest BCUT2D eigenvalue weighted by molar-refractivity contribution is 0.560. The number of rotatable bonds is 3. The Kier molecular flexibility index (Phi) is 2.90. The minimum Gasteiger partial charge on any atom is -0.295 e. The molecule has 0 bridgehead atoms. The summed E-state index contributed by atoms with van der Waals surface area (Å²) in [4.78, 5) is 0. The summed E-state index contributed by atoms with van der Waals surface area (Å²) >= 11 is 5.77. The van der Waals surface area contributed by atoms with E-state index in [1.807, 2.05) is 6.07 Å². The Balaban J connectivity index is 2.24. The van der Waals surface area contributed by atoms with Crippen LogP contribution in [0.2, 0.25) is 5.02 Å². The van der Waals surface area contributed by atoms with E-state index in [0.29, 0.717) is 16.6 Å². The molecule has 0 aliphatic heterocycles.